The molecule has 130 heavy (non-hydrogen) atoms. The van der Waals surface area contributed by atoms with Crippen LogP contribution < -0.4 is 21.3 Å². The van der Waals surface area contributed by atoms with Crippen molar-refractivity contribution < 1.29 is 203 Å². The molecular weight excluding hydrogens is 1730 g/mol. The third kappa shape index (κ3) is 32.1. The van der Waals surface area contributed by atoms with Crippen molar-refractivity contribution in [1.29, 1.82) is 0 Å². The number of hydrogen-bond acceptors (Lipinski definition) is 40. The lowest BCUT2D eigenvalue weighted by Gasteiger charge is -2.51. The van der Waals surface area contributed by atoms with Gasteiger partial charge < -0.3 is 200 Å². The molecule has 756 valence electrons. The van der Waals surface area contributed by atoms with E-state index in [2.05, 4.69) is 35.1 Å². The van der Waals surface area contributed by atoms with Gasteiger partial charge in [-0.2, -0.15) is 0 Å². The molecule has 38 atom stereocenters. The van der Waals surface area contributed by atoms with Gasteiger partial charge in [-0.05, 0) is 19.3 Å². The number of amides is 4. The van der Waals surface area contributed by atoms with Gasteiger partial charge in [-0.3, -0.25) is 19.2 Å². The number of aliphatic hydroxyl groups is 21. The van der Waals surface area contributed by atoms with E-state index < -0.39 is 321 Å². The molecule has 7 rings (SSSR count). The van der Waals surface area contributed by atoms with E-state index in [0.717, 1.165) is 85.0 Å². The van der Waals surface area contributed by atoms with Gasteiger partial charge in [0.1, 0.15) is 165 Å². The Bertz CT molecular complexity index is 3260. The number of carboxylic acids is 1. The second-order valence-corrected chi connectivity index (χ2v) is 35.0. The minimum atomic E-state index is -3.26. The Morgan fingerprint density at radius 2 is 0.800 bits per heavy atom. The van der Waals surface area contributed by atoms with E-state index in [4.69, 9.17) is 66.3 Å². The zero-order chi connectivity index (χ0) is 95.6. The smallest absolute Gasteiger partial charge is 0.364 e. The Morgan fingerprint density at radius 1 is 0.408 bits per heavy atom. The minimum Gasteiger partial charge on any atom is -0.477 e. The number of rotatable bonds is 57. The summed E-state index contributed by atoms with van der Waals surface area (Å²) in [4.78, 5) is 64.8. The second kappa shape index (κ2) is 57.2. The third-order valence-corrected chi connectivity index (χ3v) is 24.7. The summed E-state index contributed by atoms with van der Waals surface area (Å²) < 4.78 is 83.5. The second-order valence-electron chi connectivity index (χ2n) is 35.0. The van der Waals surface area contributed by atoms with Crippen LogP contribution in [0.25, 0.3) is 0 Å². The molecule has 0 radical (unpaired) electrons. The minimum absolute atomic E-state index is 0.107. The van der Waals surface area contributed by atoms with Gasteiger partial charge in [-0.25, -0.2) is 4.79 Å². The molecule has 7 saturated heterocycles. The summed E-state index contributed by atoms with van der Waals surface area (Å²) in [5.74, 6) is -8.39. The first-order valence-corrected chi connectivity index (χ1v) is 46.1. The summed E-state index contributed by atoms with van der Waals surface area (Å²) in [6.45, 7) is -0.982. The molecule has 0 aliphatic carbocycles. The van der Waals surface area contributed by atoms with Gasteiger partial charge in [0.15, 0.2) is 37.7 Å². The van der Waals surface area contributed by atoms with Crippen molar-refractivity contribution in [2.75, 3.05) is 52.9 Å². The average molecular weight is 1880 g/mol. The highest BCUT2D eigenvalue weighted by atomic mass is 16.8. The summed E-state index contributed by atoms with van der Waals surface area (Å²) in [6, 6.07) is -6.50. The van der Waals surface area contributed by atoms with Crippen LogP contribution in [0, 0.1) is 0 Å². The molecule has 4 amide bonds. The normalized spacial score (nSPS) is 37.7. The molecule has 0 spiro atoms. The molecule has 0 aromatic carbocycles. The molecule has 7 fully saturated rings. The van der Waals surface area contributed by atoms with Crippen LogP contribution in [0.2, 0.25) is 0 Å². The highest BCUT2D eigenvalue weighted by Crippen LogP contribution is 2.41. The zero-order valence-electron chi connectivity index (χ0n) is 74.9. The topological polar surface area (TPSA) is 708 Å². The first-order valence-electron chi connectivity index (χ1n) is 46.1. The van der Waals surface area contributed by atoms with E-state index in [-0.39, 0.29) is 6.42 Å². The number of allylic oxidation sites excluding steroid dienone is 1. The Kier molecular flexibility index (Phi) is 49.5. The van der Waals surface area contributed by atoms with Gasteiger partial charge in [0.25, 0.3) is 5.79 Å². The predicted molar refractivity (Wildman–Crippen MR) is 446 cm³/mol. The fraction of sp³-hybridized carbons (Fsp3) is 0.918. The van der Waals surface area contributed by atoms with Crippen molar-refractivity contribution in [3.8, 4) is 0 Å². The summed E-state index contributed by atoms with van der Waals surface area (Å²) in [5, 5.41) is 259. The van der Waals surface area contributed by atoms with Crippen LogP contribution in [0.1, 0.15) is 208 Å². The molecule has 14 unspecified atom stereocenters. The van der Waals surface area contributed by atoms with E-state index in [1.54, 1.807) is 6.08 Å². The van der Waals surface area contributed by atoms with Gasteiger partial charge in [0.05, 0.1) is 77.1 Å². The van der Waals surface area contributed by atoms with E-state index in [0.29, 0.717) is 12.8 Å². The fourth-order valence-electron chi connectivity index (χ4n) is 17.2. The van der Waals surface area contributed by atoms with Gasteiger partial charge >= 0.3 is 5.97 Å². The molecular formula is C85H150N4O41. The molecule has 7 heterocycles. The van der Waals surface area contributed by atoms with Gasteiger partial charge in [0.2, 0.25) is 23.6 Å². The van der Waals surface area contributed by atoms with Gasteiger partial charge in [-0.15, -0.1) is 0 Å². The number of carbonyl (C=O) groups is 5. The predicted octanol–water partition coefficient (Wildman–Crippen LogP) is -6.03. The molecule has 0 bridgehead atoms. The number of unbranched alkanes of at least 4 members (excludes halogenated alkanes) is 23. The summed E-state index contributed by atoms with van der Waals surface area (Å²) in [7, 11) is 0. The first-order chi connectivity index (χ1) is 62.1. The lowest BCUT2D eigenvalue weighted by molar-refractivity contribution is -0.392. The molecule has 7 aliphatic rings. The molecule has 26 N–H and O–H groups in total. The van der Waals surface area contributed by atoms with Crippen molar-refractivity contribution in [2.45, 2.75) is 440 Å². The first kappa shape index (κ1) is 113. The molecule has 7 aliphatic heterocycles. The maximum absolute atomic E-state index is 13.7. The summed E-state index contributed by atoms with van der Waals surface area (Å²) in [5.41, 5.74) is 0. The van der Waals surface area contributed by atoms with Crippen molar-refractivity contribution in [3.05, 3.63) is 12.2 Å². The summed E-state index contributed by atoms with van der Waals surface area (Å²) >= 11 is 0. The zero-order valence-corrected chi connectivity index (χ0v) is 74.9. The van der Waals surface area contributed by atoms with Crippen LogP contribution in [0.3, 0.4) is 0 Å². The van der Waals surface area contributed by atoms with E-state index in [9.17, 15) is 136 Å². The number of aliphatic hydroxyl groups excluding tert-OH is 21. The number of hydrogen-bond donors (Lipinski definition) is 26. The van der Waals surface area contributed by atoms with Crippen molar-refractivity contribution in [1.82, 2.24) is 21.3 Å². The van der Waals surface area contributed by atoms with Crippen LogP contribution in [-0.4, -0.2) is 427 Å². The third-order valence-electron chi connectivity index (χ3n) is 24.7. The standard InChI is InChI=1S/C85H150N4O41/c1-6-8-10-12-14-16-18-20-22-24-26-28-30-32-47(99)46(89-56(102)33-31-29-27-25-23-21-19-17-15-13-11-9-7-2)41-117-80-68(111)67(110)73(54(40-95)123-80)126-82-70(113)76(128-81-69(112)75(62(105)51(37-92)120-81)127-79-58(87-44(4)97)65(108)61(104)50(36-91)119-79)64(107)55(124-82)42-118-78-59(88-45(5)98)66(109)72(53(39-94)122-78)125-83-71(114)77(63(106)52(38-93)121-83)130-85(84(115)116)34-48(100)57(86-43(3)96)74(129-85)60(103)49(101)35-90/h30,32,46-55,57-83,90-95,99-101,103-114H,6-29,31,33-42H2,1-5H3,(H,86,96)(H,87,97)(H,88,98)(H,89,102)(H,115,116)/b32-30+/t46-,47+,48?,49+,50?,51?,52?,53?,54?,55?,57+,58?,59?,60+,61-,62-,63-,64-,65+,66+,67+,68?,69?,70?,71?,72+,73+,74?,75-,76-,77-,78+,79-,80+,81+,82-,83-,85-/m0/s1. The van der Waals surface area contributed by atoms with Crippen LogP contribution >= 0.6 is 0 Å². The Balaban J connectivity index is 1.13. The lowest BCUT2D eigenvalue weighted by atomic mass is 9.88. The van der Waals surface area contributed by atoms with Crippen molar-refractivity contribution in [2.24, 2.45) is 0 Å². The highest BCUT2D eigenvalue weighted by molar-refractivity contribution is 5.77. The largest absolute Gasteiger partial charge is 0.477 e. The van der Waals surface area contributed by atoms with E-state index in [1.807, 2.05) is 0 Å². The molecule has 45 nitrogen and oxygen atoms in total. The lowest BCUT2D eigenvalue weighted by Crippen LogP contribution is -2.71. The highest BCUT2D eigenvalue weighted by Gasteiger charge is 2.62. The van der Waals surface area contributed by atoms with Crippen LogP contribution in [0.4, 0.5) is 0 Å². The maximum Gasteiger partial charge on any atom is 0.364 e. The number of carbonyl (C=O) groups excluding carboxylic acids is 4. The van der Waals surface area contributed by atoms with Gasteiger partial charge in [-0.1, -0.05) is 167 Å². The number of aliphatic carboxylic acids is 1. The number of ether oxygens (including phenoxy) is 14. The summed E-state index contributed by atoms with van der Waals surface area (Å²) in [6.07, 6.45) is -39.6. The van der Waals surface area contributed by atoms with Crippen LogP contribution in [0.15, 0.2) is 12.2 Å². The van der Waals surface area contributed by atoms with Gasteiger partial charge in [0, 0.05) is 33.6 Å². The SMILES string of the molecule is CCCCCCCCCCCCC/C=C/[C@@H](O)[C@H](CO[C@@H]1OC(CO)[C@@H](O[C@@H]2OC(CO[C@@H]3OC(CO)[C@@H](O[C@@H]4OC(CO)[C@H](O)[C@H](O[C@]5(C(=O)O)CC(O)[C@@H](NC(C)=O)C([C@H](O)[C@H](O)CO)O5)C4O)[C@H](O)C3NC(C)=O)[C@H](O)[C@H](O[C@H]3OC(CO)[C@H](O)[C@H](O[C@@H]4OC(CO)[C@H](O)[C@H](O)C4NC(C)=O)C3O)C2O)[C@H](O)C1O)NC(=O)CCCCCCCCCCCCCCC. The van der Waals surface area contributed by atoms with Crippen molar-refractivity contribution in [3.63, 3.8) is 0 Å². The van der Waals surface area contributed by atoms with Crippen LogP contribution in [-0.2, 0) is 90.3 Å². The quantitative estimate of drug-likeness (QED) is 0.0199. The average Bonchev–Trinajstić information content (AvgIpc) is 0.742. The fourth-order valence-corrected chi connectivity index (χ4v) is 17.2. The monoisotopic (exact) mass is 1880 g/mol. The Hall–Kier alpha value is -4.31. The number of carboxylic acid groups (broad SMARTS) is 1. The molecule has 0 saturated carbocycles. The van der Waals surface area contributed by atoms with E-state index in [1.165, 1.54) is 89.5 Å². The Labute approximate surface area is 756 Å². The molecule has 0 aromatic heterocycles. The van der Waals surface area contributed by atoms with Crippen LogP contribution in [0.5, 0.6) is 0 Å². The molecule has 45 heteroatoms. The molecule has 0 aromatic rings. The van der Waals surface area contributed by atoms with E-state index >= 15 is 0 Å². The maximum atomic E-state index is 13.7. The Morgan fingerprint density at radius 3 is 1.28 bits per heavy atom. The van der Waals surface area contributed by atoms with Crippen molar-refractivity contribution >= 4 is 29.6 Å². The number of nitrogens with one attached hydrogen (secondary N) is 4.